The molecule has 4 aromatic rings. The van der Waals surface area contributed by atoms with E-state index in [4.69, 9.17) is 4.52 Å². The van der Waals surface area contributed by atoms with E-state index in [-0.39, 0.29) is 0 Å². The summed E-state index contributed by atoms with van der Waals surface area (Å²) >= 11 is 3.58. The number of para-hydroxylation sites is 1. The molecular weight excluding hydrogens is 366 g/mol. The second-order valence-electron chi connectivity index (χ2n) is 5.45. The summed E-state index contributed by atoms with van der Waals surface area (Å²) in [5, 5.41) is 4.23. The summed E-state index contributed by atoms with van der Waals surface area (Å²) in [4.78, 5) is 4.57. The van der Waals surface area contributed by atoms with Crippen LogP contribution >= 0.6 is 15.9 Å². The van der Waals surface area contributed by atoms with E-state index in [2.05, 4.69) is 26.1 Å². The molecule has 5 heteroatoms. The number of hydrogen-bond acceptors (Lipinski definition) is 3. The average molecular weight is 380 g/mol. The van der Waals surface area contributed by atoms with Gasteiger partial charge in [0.05, 0.1) is 23.3 Å². The number of halogens is 1. The van der Waals surface area contributed by atoms with Crippen LogP contribution in [0.4, 0.5) is 0 Å². The molecular formula is C19H14BrN3O. The van der Waals surface area contributed by atoms with Crippen molar-refractivity contribution in [3.63, 3.8) is 0 Å². The fraction of sp³-hybridized carbons (Fsp3) is 0.0526. The Morgan fingerprint density at radius 2 is 1.75 bits per heavy atom. The normalized spacial score (nSPS) is 10.9. The van der Waals surface area contributed by atoms with Crippen molar-refractivity contribution in [3.8, 4) is 28.2 Å². The lowest BCUT2D eigenvalue weighted by Crippen LogP contribution is -1.90. The second-order valence-corrected chi connectivity index (χ2v) is 6.30. The van der Waals surface area contributed by atoms with Crippen LogP contribution in [0.1, 0.15) is 5.76 Å². The summed E-state index contributed by atoms with van der Waals surface area (Å²) in [7, 11) is 0. The first kappa shape index (κ1) is 14.9. The molecule has 24 heavy (non-hydrogen) atoms. The summed E-state index contributed by atoms with van der Waals surface area (Å²) in [5.41, 5.74) is 4.62. The van der Waals surface area contributed by atoms with E-state index in [1.807, 2.05) is 72.3 Å². The fourth-order valence-electron chi connectivity index (χ4n) is 2.71. The lowest BCUT2D eigenvalue weighted by molar-refractivity contribution is 0.400. The molecule has 0 bridgehead atoms. The summed E-state index contributed by atoms with van der Waals surface area (Å²) in [6, 6.07) is 18.0. The predicted octanol–water partition coefficient (Wildman–Crippen LogP) is 5.27. The third-order valence-corrected chi connectivity index (χ3v) is 4.55. The maximum absolute atomic E-state index is 5.43. The van der Waals surface area contributed by atoms with Gasteiger partial charge in [-0.2, -0.15) is 0 Å². The van der Waals surface area contributed by atoms with Crippen molar-refractivity contribution in [2.45, 2.75) is 6.92 Å². The van der Waals surface area contributed by atoms with Gasteiger partial charge in [-0.1, -0.05) is 47.6 Å². The van der Waals surface area contributed by atoms with Crippen molar-refractivity contribution < 1.29 is 4.52 Å². The van der Waals surface area contributed by atoms with Gasteiger partial charge in [0, 0.05) is 16.2 Å². The van der Waals surface area contributed by atoms with Crippen LogP contribution in [-0.4, -0.2) is 14.7 Å². The lowest BCUT2D eigenvalue weighted by Gasteiger charge is -2.04. The number of benzene rings is 2. The molecule has 2 aromatic carbocycles. The van der Waals surface area contributed by atoms with E-state index in [1.165, 1.54) is 0 Å². The number of aromatic nitrogens is 3. The second kappa shape index (κ2) is 6.09. The molecule has 0 aliphatic rings. The zero-order chi connectivity index (χ0) is 16.5. The van der Waals surface area contributed by atoms with Gasteiger partial charge in [-0.15, -0.1) is 0 Å². The van der Waals surface area contributed by atoms with Gasteiger partial charge < -0.3 is 9.09 Å². The smallest absolute Gasteiger partial charge is 0.143 e. The largest absolute Gasteiger partial charge is 0.360 e. The highest BCUT2D eigenvalue weighted by atomic mass is 79.9. The first-order valence-electron chi connectivity index (χ1n) is 7.55. The fourth-order valence-corrected chi connectivity index (χ4v) is 3.20. The van der Waals surface area contributed by atoms with Gasteiger partial charge in [0.25, 0.3) is 0 Å². The molecule has 0 N–H and O–H groups in total. The Bertz CT molecular complexity index is 989. The van der Waals surface area contributed by atoms with Crippen LogP contribution in [0, 0.1) is 6.92 Å². The molecule has 0 saturated heterocycles. The zero-order valence-corrected chi connectivity index (χ0v) is 14.6. The molecule has 0 aliphatic carbocycles. The van der Waals surface area contributed by atoms with Crippen molar-refractivity contribution in [2.75, 3.05) is 0 Å². The molecule has 0 spiro atoms. The molecule has 0 unspecified atom stereocenters. The Balaban J connectivity index is 1.82. The summed E-state index contributed by atoms with van der Waals surface area (Å²) < 4.78 is 8.43. The third-order valence-electron chi connectivity index (χ3n) is 3.88. The minimum Gasteiger partial charge on any atom is -0.360 e. The number of aryl methyl sites for hydroxylation is 1. The topological polar surface area (TPSA) is 43.9 Å². The summed E-state index contributed by atoms with van der Waals surface area (Å²) in [6.07, 6.45) is 3.79. The van der Waals surface area contributed by atoms with Gasteiger partial charge in [0.2, 0.25) is 0 Å². The van der Waals surface area contributed by atoms with Gasteiger partial charge >= 0.3 is 0 Å². The SMILES string of the molecule is Cc1onc(-c2ccccc2)c1-c1cn(-c2ccccc2Br)cn1. The van der Waals surface area contributed by atoms with Gasteiger partial charge in [0.1, 0.15) is 11.5 Å². The standard InChI is InChI=1S/C19H14BrN3O/c1-13-18(19(22-24-13)14-7-3-2-4-8-14)16-11-23(12-21-16)17-10-6-5-9-15(17)20/h2-12H,1H3. The third kappa shape index (κ3) is 2.57. The zero-order valence-electron chi connectivity index (χ0n) is 13.0. The van der Waals surface area contributed by atoms with Crippen LogP contribution < -0.4 is 0 Å². The van der Waals surface area contributed by atoms with Crippen molar-refractivity contribution in [2.24, 2.45) is 0 Å². The van der Waals surface area contributed by atoms with Crippen molar-refractivity contribution >= 4 is 15.9 Å². The number of rotatable bonds is 3. The van der Waals surface area contributed by atoms with Crippen LogP contribution in [0.15, 0.2) is 76.1 Å². The highest BCUT2D eigenvalue weighted by molar-refractivity contribution is 9.10. The number of nitrogens with zero attached hydrogens (tertiary/aromatic N) is 3. The van der Waals surface area contributed by atoms with Crippen LogP contribution in [0.5, 0.6) is 0 Å². The molecule has 0 saturated carbocycles. The maximum atomic E-state index is 5.43. The predicted molar refractivity (Wildman–Crippen MR) is 96.9 cm³/mol. The highest BCUT2D eigenvalue weighted by Crippen LogP contribution is 2.33. The van der Waals surface area contributed by atoms with E-state index >= 15 is 0 Å². The summed E-state index contributed by atoms with van der Waals surface area (Å²) in [6.45, 7) is 1.91. The first-order valence-corrected chi connectivity index (χ1v) is 8.34. The van der Waals surface area contributed by atoms with Gasteiger partial charge in [-0.25, -0.2) is 4.98 Å². The molecule has 4 nitrogen and oxygen atoms in total. The van der Waals surface area contributed by atoms with E-state index in [0.717, 1.165) is 38.4 Å². The van der Waals surface area contributed by atoms with Crippen LogP contribution in [0.3, 0.4) is 0 Å². The molecule has 0 aliphatic heterocycles. The molecule has 0 fully saturated rings. The Labute approximate surface area is 147 Å². The number of hydrogen-bond donors (Lipinski definition) is 0. The van der Waals surface area contributed by atoms with E-state index < -0.39 is 0 Å². The molecule has 4 rings (SSSR count). The van der Waals surface area contributed by atoms with Crippen LogP contribution in [-0.2, 0) is 0 Å². The van der Waals surface area contributed by atoms with Crippen molar-refractivity contribution in [1.82, 2.24) is 14.7 Å². The Morgan fingerprint density at radius 1 is 1.00 bits per heavy atom. The Morgan fingerprint density at radius 3 is 2.54 bits per heavy atom. The van der Waals surface area contributed by atoms with Crippen LogP contribution in [0.2, 0.25) is 0 Å². The average Bonchev–Trinajstić information content (AvgIpc) is 3.22. The summed E-state index contributed by atoms with van der Waals surface area (Å²) in [5.74, 6) is 0.756. The van der Waals surface area contributed by atoms with Crippen molar-refractivity contribution in [3.05, 3.63) is 77.4 Å². The Hall–Kier alpha value is -2.66. The molecule has 2 aromatic heterocycles. The van der Waals surface area contributed by atoms with Gasteiger partial charge in [0.15, 0.2) is 0 Å². The monoisotopic (exact) mass is 379 g/mol. The molecule has 118 valence electrons. The quantitative estimate of drug-likeness (QED) is 0.487. The van der Waals surface area contributed by atoms with E-state index in [9.17, 15) is 0 Å². The first-order chi connectivity index (χ1) is 11.7. The van der Waals surface area contributed by atoms with E-state index in [1.54, 1.807) is 6.33 Å². The highest BCUT2D eigenvalue weighted by Gasteiger charge is 2.19. The molecule has 0 amide bonds. The van der Waals surface area contributed by atoms with Crippen molar-refractivity contribution in [1.29, 1.82) is 0 Å². The molecule has 2 heterocycles. The minimum absolute atomic E-state index is 0.756. The Kier molecular flexibility index (Phi) is 3.78. The van der Waals surface area contributed by atoms with Gasteiger partial charge in [-0.3, -0.25) is 0 Å². The maximum Gasteiger partial charge on any atom is 0.143 e. The number of imidazole rings is 1. The lowest BCUT2D eigenvalue weighted by atomic mass is 10.0. The van der Waals surface area contributed by atoms with Gasteiger partial charge in [-0.05, 0) is 35.0 Å². The minimum atomic E-state index is 0.756. The van der Waals surface area contributed by atoms with Crippen LogP contribution in [0.25, 0.3) is 28.2 Å². The van der Waals surface area contributed by atoms with E-state index in [0.29, 0.717) is 0 Å². The molecule has 0 atom stereocenters. The molecule has 0 radical (unpaired) electrons.